The second-order valence-corrected chi connectivity index (χ2v) is 8.81. The molecule has 0 radical (unpaired) electrons. The Balaban J connectivity index is 0.00000240. The molecule has 0 N–H and O–H groups in total. The van der Waals surface area contributed by atoms with Gasteiger partial charge < -0.3 is 14.0 Å². The number of thiol groups is 1. The summed E-state index contributed by atoms with van der Waals surface area (Å²) in [5.41, 5.74) is 1.37. The smallest absolute Gasteiger partial charge is 0.179 e. The summed E-state index contributed by atoms with van der Waals surface area (Å²) in [5, 5.41) is 0.804. The van der Waals surface area contributed by atoms with Gasteiger partial charge in [-0.25, -0.2) is 4.98 Å². The number of aromatic nitrogens is 2. The number of nitrogens with zero attached hydrogens (tertiary/aromatic N) is 2. The van der Waals surface area contributed by atoms with Crippen molar-refractivity contribution in [3.8, 4) is 0 Å². The Hall–Kier alpha value is -0.720. The number of imidazole rings is 1. The van der Waals surface area contributed by atoms with Crippen molar-refractivity contribution in [2.75, 3.05) is 12.4 Å². The Bertz CT molecular complexity index is 729. The summed E-state index contributed by atoms with van der Waals surface area (Å²) in [5.74, 6) is 1.94. The summed E-state index contributed by atoms with van der Waals surface area (Å²) in [7, 11) is 0. The van der Waals surface area contributed by atoms with Crippen molar-refractivity contribution in [1.82, 2.24) is 9.55 Å². The summed E-state index contributed by atoms with van der Waals surface area (Å²) < 4.78 is 14.6. The van der Waals surface area contributed by atoms with Crippen LogP contribution in [0.5, 0.6) is 0 Å². The van der Waals surface area contributed by atoms with E-state index in [-0.39, 0.29) is 30.8 Å². The minimum Gasteiger partial charge on any atom is -0.348 e. The molecule has 4 rings (SSSR count). The minimum absolute atomic E-state index is 0. The molecular formula is C22H30Cl2N2O2S. The van der Waals surface area contributed by atoms with Crippen LogP contribution < -0.4 is 0 Å². The maximum absolute atomic E-state index is 6.44. The molecule has 1 saturated heterocycles. The van der Waals surface area contributed by atoms with Gasteiger partial charge >= 0.3 is 0 Å². The maximum Gasteiger partial charge on any atom is 0.179 e. The quantitative estimate of drug-likeness (QED) is 0.549. The van der Waals surface area contributed by atoms with Crippen LogP contribution in [0.4, 0.5) is 0 Å². The van der Waals surface area contributed by atoms with E-state index in [0.29, 0.717) is 24.2 Å². The third kappa shape index (κ3) is 5.71. The molecule has 4 nitrogen and oxygen atoms in total. The second-order valence-electron chi connectivity index (χ2n) is 8.01. The van der Waals surface area contributed by atoms with E-state index in [4.69, 9.17) is 21.1 Å². The van der Waals surface area contributed by atoms with Crippen LogP contribution in [0, 0.1) is 11.8 Å². The molecule has 7 heteroatoms. The molecule has 1 aliphatic heterocycles. The zero-order valence-electron chi connectivity index (χ0n) is 16.5. The highest BCUT2D eigenvalue weighted by Gasteiger charge is 2.40. The minimum atomic E-state index is -0.240. The first-order valence-electron chi connectivity index (χ1n) is 10.3. The van der Waals surface area contributed by atoms with Crippen LogP contribution in [0.25, 0.3) is 0 Å². The largest absolute Gasteiger partial charge is 0.348 e. The van der Waals surface area contributed by atoms with E-state index in [1.807, 2.05) is 29.2 Å². The molecule has 0 spiro atoms. The molecule has 5 atom stereocenters. The number of hydrogen-bond acceptors (Lipinski definition) is 4. The Kier molecular flexibility index (Phi) is 8.75. The lowest BCUT2D eigenvalue weighted by atomic mass is 9.74. The fourth-order valence-electron chi connectivity index (χ4n) is 4.74. The Morgan fingerprint density at radius 2 is 2.00 bits per heavy atom. The Morgan fingerprint density at radius 1 is 1.21 bits per heavy atom. The van der Waals surface area contributed by atoms with Crippen molar-refractivity contribution >= 4 is 36.6 Å². The summed E-state index contributed by atoms with van der Waals surface area (Å²) in [4.78, 5) is 4.15. The SMILES string of the molecule is Cl.SCC(C1OCC(C2CCCCC2CCc2ccc(Cl)cc2)O1)n1ccnc1. The van der Waals surface area contributed by atoms with Crippen molar-refractivity contribution in [3.63, 3.8) is 0 Å². The van der Waals surface area contributed by atoms with Gasteiger partial charge in [-0.05, 0) is 48.8 Å². The highest BCUT2D eigenvalue weighted by atomic mass is 35.5. The van der Waals surface area contributed by atoms with Gasteiger partial charge in [-0.15, -0.1) is 12.4 Å². The van der Waals surface area contributed by atoms with Gasteiger partial charge in [0.1, 0.15) is 0 Å². The van der Waals surface area contributed by atoms with Gasteiger partial charge in [0.2, 0.25) is 0 Å². The summed E-state index contributed by atoms with van der Waals surface area (Å²) in [6.45, 7) is 0.686. The van der Waals surface area contributed by atoms with Crippen molar-refractivity contribution in [3.05, 3.63) is 53.6 Å². The molecule has 1 aromatic carbocycles. The van der Waals surface area contributed by atoms with Gasteiger partial charge in [0, 0.05) is 23.2 Å². The topological polar surface area (TPSA) is 36.3 Å². The van der Waals surface area contributed by atoms with Crippen LogP contribution in [0.15, 0.2) is 43.0 Å². The highest BCUT2D eigenvalue weighted by Crippen LogP contribution is 2.39. The maximum atomic E-state index is 6.44. The Morgan fingerprint density at radius 3 is 2.72 bits per heavy atom. The number of hydrogen-bond donors (Lipinski definition) is 1. The average Bonchev–Trinajstić information content (AvgIpc) is 3.41. The number of halogens is 2. The van der Waals surface area contributed by atoms with E-state index in [0.717, 1.165) is 11.4 Å². The standard InChI is InChI=1S/C22H29ClN2O2S.ClH/c23-18-9-6-16(7-10-18)5-8-17-3-1-2-4-19(17)21-13-26-22(27-21)20(14-28)25-12-11-24-15-25;/h6-7,9-12,15,17,19-22,28H,1-5,8,13-14H2;1H. The second kappa shape index (κ2) is 11.1. The van der Waals surface area contributed by atoms with Gasteiger partial charge in [0.15, 0.2) is 6.29 Å². The van der Waals surface area contributed by atoms with Crippen molar-refractivity contribution in [2.24, 2.45) is 11.8 Å². The van der Waals surface area contributed by atoms with Gasteiger partial charge in [0.25, 0.3) is 0 Å². The lowest BCUT2D eigenvalue weighted by Gasteiger charge is -2.35. The molecule has 1 saturated carbocycles. The van der Waals surface area contributed by atoms with Crippen molar-refractivity contribution in [1.29, 1.82) is 0 Å². The molecule has 29 heavy (non-hydrogen) atoms. The van der Waals surface area contributed by atoms with Crippen LogP contribution in [-0.2, 0) is 15.9 Å². The normalized spacial score (nSPS) is 28.1. The molecule has 1 aromatic heterocycles. The van der Waals surface area contributed by atoms with Gasteiger partial charge in [0.05, 0.1) is 25.1 Å². The van der Waals surface area contributed by atoms with E-state index in [9.17, 15) is 0 Å². The molecule has 160 valence electrons. The predicted octanol–water partition coefficient (Wildman–Crippen LogP) is 5.61. The molecule has 2 fully saturated rings. The Labute approximate surface area is 190 Å². The third-order valence-electron chi connectivity index (χ3n) is 6.31. The monoisotopic (exact) mass is 456 g/mol. The number of aryl methyl sites for hydroxylation is 1. The number of rotatable bonds is 7. The highest BCUT2D eigenvalue weighted by molar-refractivity contribution is 7.80. The van der Waals surface area contributed by atoms with Crippen LogP contribution in [-0.4, -0.2) is 34.3 Å². The van der Waals surface area contributed by atoms with Gasteiger partial charge in [-0.2, -0.15) is 12.6 Å². The van der Waals surface area contributed by atoms with E-state index < -0.39 is 0 Å². The first-order valence-corrected chi connectivity index (χ1v) is 11.4. The van der Waals surface area contributed by atoms with E-state index in [1.54, 1.807) is 6.20 Å². The van der Waals surface area contributed by atoms with Crippen LogP contribution in [0.2, 0.25) is 5.02 Å². The molecule has 5 unspecified atom stereocenters. The predicted molar refractivity (Wildman–Crippen MR) is 122 cm³/mol. The molecule has 2 aliphatic rings. The molecule has 0 amide bonds. The number of benzene rings is 1. The van der Waals surface area contributed by atoms with Gasteiger partial charge in [-0.1, -0.05) is 43.0 Å². The fourth-order valence-corrected chi connectivity index (χ4v) is 5.23. The summed E-state index contributed by atoms with van der Waals surface area (Å²) in [6.07, 6.45) is 13.0. The third-order valence-corrected chi connectivity index (χ3v) is 6.93. The first kappa shape index (κ1) is 23.0. The van der Waals surface area contributed by atoms with Crippen LogP contribution in [0.3, 0.4) is 0 Å². The lowest BCUT2D eigenvalue weighted by Crippen LogP contribution is -2.34. The van der Waals surface area contributed by atoms with Crippen molar-refractivity contribution < 1.29 is 9.47 Å². The van der Waals surface area contributed by atoms with Crippen LogP contribution in [0.1, 0.15) is 43.7 Å². The lowest BCUT2D eigenvalue weighted by molar-refractivity contribution is -0.0997. The molecular weight excluding hydrogens is 427 g/mol. The average molecular weight is 457 g/mol. The van der Waals surface area contributed by atoms with Gasteiger partial charge in [-0.3, -0.25) is 0 Å². The zero-order valence-corrected chi connectivity index (χ0v) is 19.0. The number of ether oxygens (including phenoxy) is 2. The van der Waals surface area contributed by atoms with E-state index in [2.05, 4.69) is 29.7 Å². The van der Waals surface area contributed by atoms with Crippen LogP contribution >= 0.6 is 36.6 Å². The summed E-state index contributed by atoms with van der Waals surface area (Å²) >= 11 is 10.5. The molecule has 1 aliphatic carbocycles. The molecule has 2 aromatic rings. The molecule has 2 heterocycles. The fraction of sp³-hybridized carbons (Fsp3) is 0.591. The van der Waals surface area contributed by atoms with E-state index in [1.165, 1.54) is 37.7 Å². The van der Waals surface area contributed by atoms with E-state index >= 15 is 0 Å². The molecule has 0 bridgehead atoms. The van der Waals surface area contributed by atoms with Crippen molar-refractivity contribution in [2.45, 2.75) is 57.0 Å². The zero-order chi connectivity index (χ0) is 19.3. The first-order chi connectivity index (χ1) is 13.7. The summed E-state index contributed by atoms with van der Waals surface area (Å²) in [6, 6.07) is 8.33.